The van der Waals surface area contributed by atoms with Crippen molar-refractivity contribution < 1.29 is 4.74 Å². The number of hydrogen-bond acceptors (Lipinski definition) is 4. The van der Waals surface area contributed by atoms with Gasteiger partial charge in [0.1, 0.15) is 18.2 Å². The Labute approximate surface area is 224 Å². The number of benzene rings is 4. The lowest BCUT2D eigenvalue weighted by Crippen LogP contribution is -2.29. The predicted octanol–water partition coefficient (Wildman–Crippen LogP) is 7.38. The Kier molecular flexibility index (Phi) is 6.69. The summed E-state index contributed by atoms with van der Waals surface area (Å²) in [5.74, 6) is 1.29. The molecule has 6 heteroatoms. The molecule has 0 bridgehead atoms. The topological polar surface area (TPSA) is 56.5 Å². The molecule has 0 radical (unpaired) electrons. The lowest BCUT2D eigenvalue weighted by atomic mass is 9.95. The molecular formula is C31H28BrN3O2. The highest BCUT2D eigenvalue weighted by atomic mass is 79.9. The second kappa shape index (κ2) is 9.94. The fourth-order valence-corrected chi connectivity index (χ4v) is 4.72. The van der Waals surface area contributed by atoms with Gasteiger partial charge >= 0.3 is 0 Å². The summed E-state index contributed by atoms with van der Waals surface area (Å²) in [5.41, 5.74) is 3.12. The number of fused-ring (bicyclic) bond motifs is 2. The Morgan fingerprint density at radius 2 is 1.78 bits per heavy atom. The molecule has 1 aromatic heterocycles. The Balaban J connectivity index is 1.65. The van der Waals surface area contributed by atoms with Gasteiger partial charge in [-0.1, -0.05) is 96.9 Å². The van der Waals surface area contributed by atoms with E-state index in [0.29, 0.717) is 29.1 Å². The maximum atomic E-state index is 13.6. The minimum absolute atomic E-state index is 0.213. The van der Waals surface area contributed by atoms with Crippen LogP contribution in [-0.2, 0) is 12.0 Å². The summed E-state index contributed by atoms with van der Waals surface area (Å²) < 4.78 is 8.52. The van der Waals surface area contributed by atoms with E-state index in [-0.39, 0.29) is 5.56 Å². The number of nitrogens with zero attached hydrogens (tertiary/aromatic N) is 3. The van der Waals surface area contributed by atoms with Crippen molar-refractivity contribution >= 4 is 43.8 Å². The van der Waals surface area contributed by atoms with Crippen molar-refractivity contribution in [3.8, 4) is 5.75 Å². The molecule has 5 aromatic rings. The molecule has 0 unspecified atom stereocenters. The number of aryl methyl sites for hydroxylation is 1. The van der Waals surface area contributed by atoms with E-state index in [0.717, 1.165) is 26.4 Å². The van der Waals surface area contributed by atoms with Crippen molar-refractivity contribution in [3.05, 3.63) is 116 Å². The fraction of sp³-hybridized carbons (Fsp3) is 0.194. The molecule has 5 nitrogen and oxygen atoms in total. The van der Waals surface area contributed by atoms with Crippen molar-refractivity contribution in [2.24, 2.45) is 5.10 Å². The van der Waals surface area contributed by atoms with E-state index in [2.05, 4.69) is 47.1 Å². The third-order valence-electron chi connectivity index (χ3n) is 6.19. The third kappa shape index (κ3) is 5.20. The zero-order chi connectivity index (χ0) is 26.2. The summed E-state index contributed by atoms with van der Waals surface area (Å²) in [7, 11) is 0. The van der Waals surface area contributed by atoms with E-state index < -0.39 is 5.41 Å². The van der Waals surface area contributed by atoms with Crippen LogP contribution < -0.4 is 10.3 Å². The highest BCUT2D eigenvalue weighted by molar-refractivity contribution is 9.10. The molecule has 0 atom stereocenters. The number of ether oxygens (including phenoxy) is 1. The van der Waals surface area contributed by atoms with Gasteiger partial charge in [-0.15, -0.1) is 0 Å². The smallest absolute Gasteiger partial charge is 0.282 e. The molecule has 0 saturated carbocycles. The average molecular weight is 554 g/mol. The third-order valence-corrected chi connectivity index (χ3v) is 6.68. The maximum Gasteiger partial charge on any atom is 0.282 e. The van der Waals surface area contributed by atoms with Gasteiger partial charge in [0, 0.05) is 15.5 Å². The van der Waals surface area contributed by atoms with Gasteiger partial charge in [0.05, 0.1) is 17.1 Å². The second-order valence-electron chi connectivity index (χ2n) is 10.2. The van der Waals surface area contributed by atoms with Gasteiger partial charge in [-0.25, -0.2) is 4.98 Å². The summed E-state index contributed by atoms with van der Waals surface area (Å²) in [6.07, 6.45) is 1.72. The molecule has 0 N–H and O–H groups in total. The second-order valence-corrected chi connectivity index (χ2v) is 11.1. The first-order valence-corrected chi connectivity index (χ1v) is 13.0. The van der Waals surface area contributed by atoms with Crippen molar-refractivity contribution in [3.63, 3.8) is 0 Å². The van der Waals surface area contributed by atoms with Gasteiger partial charge in [-0.05, 0) is 47.5 Å². The molecule has 186 valence electrons. The van der Waals surface area contributed by atoms with Gasteiger partial charge in [0.2, 0.25) is 0 Å². The molecule has 1 heterocycles. The van der Waals surface area contributed by atoms with E-state index in [1.165, 1.54) is 10.2 Å². The van der Waals surface area contributed by atoms with E-state index in [4.69, 9.17) is 14.8 Å². The van der Waals surface area contributed by atoms with Crippen LogP contribution in [0.15, 0.2) is 93.2 Å². The lowest BCUT2D eigenvalue weighted by molar-refractivity contribution is 0.306. The first-order chi connectivity index (χ1) is 17.7. The quantitative estimate of drug-likeness (QED) is 0.213. The van der Waals surface area contributed by atoms with Gasteiger partial charge in [0.25, 0.3) is 5.56 Å². The minimum atomic E-state index is -0.402. The summed E-state index contributed by atoms with van der Waals surface area (Å²) in [6, 6.07) is 25.9. The largest absolute Gasteiger partial charge is 0.488 e. The molecule has 0 amide bonds. The predicted molar refractivity (Wildman–Crippen MR) is 155 cm³/mol. The van der Waals surface area contributed by atoms with Gasteiger partial charge < -0.3 is 4.74 Å². The van der Waals surface area contributed by atoms with Gasteiger partial charge in [-0.2, -0.15) is 9.78 Å². The fourth-order valence-electron chi connectivity index (χ4n) is 4.35. The standard InChI is InChI=1S/C31H28BrN3O2/c1-20-8-7-9-21(16-20)19-37-28-15-12-22-10-5-6-11-24(22)26(28)18-33-35-29(36)25-17-23(32)13-14-27(25)34-30(35)31(2,3)4/h5-18H,19H2,1-4H3. The molecule has 0 aliphatic carbocycles. The van der Waals surface area contributed by atoms with E-state index in [9.17, 15) is 4.79 Å². The maximum absolute atomic E-state index is 13.6. The van der Waals surface area contributed by atoms with Crippen molar-refractivity contribution in [2.75, 3.05) is 0 Å². The van der Waals surface area contributed by atoms with Crippen LogP contribution in [-0.4, -0.2) is 15.9 Å². The normalized spacial score (nSPS) is 12.0. The molecule has 5 rings (SSSR count). The SMILES string of the molecule is Cc1cccc(COc2ccc3ccccc3c2C=Nn2c(C(C)(C)C)nc3ccc(Br)cc3c2=O)c1. The number of hydrogen-bond donors (Lipinski definition) is 0. The Morgan fingerprint density at radius 3 is 2.57 bits per heavy atom. The molecule has 37 heavy (non-hydrogen) atoms. The summed E-state index contributed by atoms with van der Waals surface area (Å²) in [5, 5.41) is 7.29. The average Bonchev–Trinajstić information content (AvgIpc) is 2.87. The molecular weight excluding hydrogens is 526 g/mol. The zero-order valence-electron chi connectivity index (χ0n) is 21.3. The van der Waals surface area contributed by atoms with Crippen LogP contribution in [0.25, 0.3) is 21.7 Å². The van der Waals surface area contributed by atoms with Gasteiger partial charge in [0.15, 0.2) is 0 Å². The number of halogens is 1. The molecule has 0 saturated heterocycles. The highest BCUT2D eigenvalue weighted by Gasteiger charge is 2.23. The van der Waals surface area contributed by atoms with E-state index >= 15 is 0 Å². The first-order valence-electron chi connectivity index (χ1n) is 12.2. The van der Waals surface area contributed by atoms with Crippen LogP contribution in [0.4, 0.5) is 0 Å². The molecule has 0 aliphatic heterocycles. The molecule has 0 aliphatic rings. The first kappa shape index (κ1) is 24.9. The Bertz CT molecular complexity index is 1710. The molecule has 0 spiro atoms. The van der Waals surface area contributed by atoms with Crippen LogP contribution in [0.3, 0.4) is 0 Å². The summed E-state index contributed by atoms with van der Waals surface area (Å²) in [4.78, 5) is 18.4. The molecule has 4 aromatic carbocycles. The Morgan fingerprint density at radius 1 is 0.973 bits per heavy atom. The van der Waals surface area contributed by atoms with Crippen LogP contribution in [0.5, 0.6) is 5.75 Å². The van der Waals surface area contributed by atoms with Gasteiger partial charge in [-0.3, -0.25) is 4.79 Å². The molecule has 0 fully saturated rings. The summed E-state index contributed by atoms with van der Waals surface area (Å²) in [6.45, 7) is 8.58. The van der Waals surface area contributed by atoms with E-state index in [1.807, 2.05) is 69.3 Å². The van der Waals surface area contributed by atoms with E-state index in [1.54, 1.807) is 12.3 Å². The van der Waals surface area contributed by atoms with Crippen LogP contribution in [0, 0.1) is 6.92 Å². The van der Waals surface area contributed by atoms with Crippen molar-refractivity contribution in [1.29, 1.82) is 0 Å². The number of rotatable bonds is 5. The monoisotopic (exact) mass is 553 g/mol. The number of aromatic nitrogens is 2. The minimum Gasteiger partial charge on any atom is -0.488 e. The summed E-state index contributed by atoms with van der Waals surface area (Å²) >= 11 is 3.47. The van der Waals surface area contributed by atoms with Crippen molar-refractivity contribution in [2.45, 2.75) is 39.7 Å². The Hall–Kier alpha value is -3.77. The van der Waals surface area contributed by atoms with Crippen LogP contribution in [0.1, 0.15) is 43.3 Å². The van der Waals surface area contributed by atoms with Crippen molar-refractivity contribution in [1.82, 2.24) is 9.66 Å². The lowest BCUT2D eigenvalue weighted by Gasteiger charge is -2.21. The highest BCUT2D eigenvalue weighted by Crippen LogP contribution is 2.28. The van der Waals surface area contributed by atoms with Crippen LogP contribution >= 0.6 is 15.9 Å². The van der Waals surface area contributed by atoms with Crippen LogP contribution in [0.2, 0.25) is 0 Å². The zero-order valence-corrected chi connectivity index (χ0v) is 22.9.